The van der Waals surface area contributed by atoms with Crippen LogP contribution in [0.1, 0.15) is 18.2 Å². The highest BCUT2D eigenvalue weighted by Gasteiger charge is 2.05. The van der Waals surface area contributed by atoms with Gasteiger partial charge in [-0.1, -0.05) is 12.1 Å². The van der Waals surface area contributed by atoms with Crippen molar-refractivity contribution < 1.29 is 0 Å². The SMILES string of the molecule is C/C(N)=N/N=C/c1ccc(-c2cc3ccc(/C=C/N=C(N)N)cc3s2)cn1. The number of hydrogen-bond donors (Lipinski definition) is 3. The molecular formula is C19H19N7S. The average Bonchev–Trinajstić information content (AvgIpc) is 3.05. The summed E-state index contributed by atoms with van der Waals surface area (Å²) in [4.78, 5) is 9.39. The van der Waals surface area contributed by atoms with E-state index in [1.165, 1.54) is 10.1 Å². The monoisotopic (exact) mass is 377 g/mol. The van der Waals surface area contributed by atoms with Crippen molar-refractivity contribution in [1.29, 1.82) is 0 Å². The fourth-order valence-electron chi connectivity index (χ4n) is 2.31. The van der Waals surface area contributed by atoms with Crippen LogP contribution in [0.5, 0.6) is 0 Å². The minimum absolute atomic E-state index is 0.0386. The maximum Gasteiger partial charge on any atom is 0.190 e. The summed E-state index contributed by atoms with van der Waals surface area (Å²) in [5, 5.41) is 8.81. The smallest absolute Gasteiger partial charge is 0.190 e. The Morgan fingerprint density at radius 3 is 2.67 bits per heavy atom. The first-order valence-corrected chi connectivity index (χ1v) is 8.91. The predicted molar refractivity (Wildman–Crippen MR) is 115 cm³/mol. The minimum Gasteiger partial charge on any atom is -0.386 e. The van der Waals surface area contributed by atoms with Crippen LogP contribution in [0.2, 0.25) is 0 Å². The van der Waals surface area contributed by atoms with Crippen molar-refractivity contribution in [2.45, 2.75) is 6.92 Å². The number of aromatic nitrogens is 1. The lowest BCUT2D eigenvalue weighted by Gasteiger charge is -1.96. The van der Waals surface area contributed by atoms with Crippen LogP contribution >= 0.6 is 11.3 Å². The third-order valence-electron chi connectivity index (χ3n) is 3.51. The Morgan fingerprint density at radius 2 is 1.96 bits per heavy atom. The molecule has 136 valence electrons. The van der Waals surface area contributed by atoms with Gasteiger partial charge in [-0.05, 0) is 48.2 Å². The van der Waals surface area contributed by atoms with Gasteiger partial charge in [-0.3, -0.25) is 4.98 Å². The van der Waals surface area contributed by atoms with Gasteiger partial charge in [0.15, 0.2) is 5.96 Å². The minimum atomic E-state index is 0.0386. The van der Waals surface area contributed by atoms with E-state index in [4.69, 9.17) is 17.2 Å². The van der Waals surface area contributed by atoms with Gasteiger partial charge in [0.1, 0.15) is 5.84 Å². The second-order valence-electron chi connectivity index (χ2n) is 5.74. The molecule has 0 fully saturated rings. The average molecular weight is 377 g/mol. The number of pyridine rings is 1. The fourth-order valence-corrected chi connectivity index (χ4v) is 3.41. The highest BCUT2D eigenvalue weighted by atomic mass is 32.1. The Hall–Kier alpha value is -3.52. The first-order valence-electron chi connectivity index (χ1n) is 8.10. The summed E-state index contributed by atoms with van der Waals surface area (Å²) in [7, 11) is 0. The third-order valence-corrected chi connectivity index (χ3v) is 4.66. The molecule has 2 aromatic heterocycles. The van der Waals surface area contributed by atoms with E-state index in [1.807, 2.05) is 30.5 Å². The highest BCUT2D eigenvalue weighted by Crippen LogP contribution is 2.33. The first-order chi connectivity index (χ1) is 13.0. The zero-order valence-corrected chi connectivity index (χ0v) is 15.5. The van der Waals surface area contributed by atoms with Crippen LogP contribution in [0.15, 0.2) is 64.0 Å². The molecule has 3 rings (SSSR count). The number of hydrogen-bond acceptors (Lipinski definition) is 5. The number of nitrogens with two attached hydrogens (primary N) is 3. The Labute approximate surface area is 160 Å². The number of amidine groups is 1. The molecule has 1 aromatic carbocycles. The highest BCUT2D eigenvalue weighted by molar-refractivity contribution is 7.22. The zero-order valence-electron chi connectivity index (χ0n) is 14.7. The van der Waals surface area contributed by atoms with E-state index >= 15 is 0 Å². The third kappa shape index (κ3) is 4.99. The number of nitrogens with zero attached hydrogens (tertiary/aromatic N) is 4. The molecule has 27 heavy (non-hydrogen) atoms. The van der Waals surface area contributed by atoms with Gasteiger partial charge in [-0.15, -0.1) is 16.4 Å². The molecule has 0 aliphatic rings. The normalized spacial score (nSPS) is 12.3. The van der Waals surface area contributed by atoms with Crippen molar-refractivity contribution in [1.82, 2.24) is 4.98 Å². The summed E-state index contributed by atoms with van der Waals surface area (Å²) >= 11 is 1.70. The van der Waals surface area contributed by atoms with Crippen LogP contribution in [0, 0.1) is 0 Å². The number of thiophene rings is 1. The van der Waals surface area contributed by atoms with Gasteiger partial charge in [0.2, 0.25) is 0 Å². The van der Waals surface area contributed by atoms with Crippen LogP contribution in [-0.2, 0) is 0 Å². The molecule has 2 heterocycles. The summed E-state index contributed by atoms with van der Waals surface area (Å²) in [5.74, 6) is 0.442. The lowest BCUT2D eigenvalue weighted by Crippen LogP contribution is -2.21. The molecule has 0 amide bonds. The zero-order chi connectivity index (χ0) is 19.2. The molecule has 3 aromatic rings. The number of guanidine groups is 1. The topological polar surface area (TPSA) is 128 Å². The van der Waals surface area contributed by atoms with E-state index in [0.29, 0.717) is 5.84 Å². The molecule has 6 N–H and O–H groups in total. The Kier molecular flexibility index (Phi) is 5.58. The van der Waals surface area contributed by atoms with Gasteiger partial charge in [0, 0.05) is 27.5 Å². The number of fused-ring (bicyclic) bond motifs is 1. The Bertz CT molecular complexity index is 1050. The molecule has 0 unspecified atom stereocenters. The van der Waals surface area contributed by atoms with Crippen molar-refractivity contribution in [3.05, 3.63) is 60.1 Å². The standard InChI is InChI=1S/C19H19N7S/c1-12(20)26-25-11-16-5-4-15(10-24-16)18-9-14-3-2-13(8-17(14)27-18)6-7-23-19(21)22/h2-11H,1H3,(H2,20,26)(H4,21,22,23)/b7-6+,25-11+. The number of benzene rings is 1. The molecule has 0 atom stereocenters. The van der Waals surface area contributed by atoms with E-state index in [0.717, 1.165) is 21.7 Å². The summed E-state index contributed by atoms with van der Waals surface area (Å²) in [6.45, 7) is 1.68. The van der Waals surface area contributed by atoms with Crippen LogP contribution in [0.4, 0.5) is 0 Å². The molecule has 0 radical (unpaired) electrons. The largest absolute Gasteiger partial charge is 0.386 e. The molecule has 0 bridgehead atoms. The second kappa shape index (κ2) is 8.24. The van der Waals surface area contributed by atoms with Gasteiger partial charge in [0.05, 0.1) is 11.9 Å². The lowest BCUT2D eigenvalue weighted by atomic mass is 10.1. The van der Waals surface area contributed by atoms with Crippen LogP contribution < -0.4 is 17.2 Å². The summed E-state index contributed by atoms with van der Waals surface area (Å²) in [6.07, 6.45) is 6.84. The van der Waals surface area contributed by atoms with Crippen molar-refractivity contribution >= 4 is 45.5 Å². The van der Waals surface area contributed by atoms with Crippen molar-refractivity contribution in [3.8, 4) is 10.4 Å². The molecule has 0 aliphatic heterocycles. The molecule has 0 saturated carbocycles. The van der Waals surface area contributed by atoms with Gasteiger partial charge >= 0.3 is 0 Å². The molecule has 7 nitrogen and oxygen atoms in total. The maximum atomic E-state index is 5.44. The predicted octanol–water partition coefficient (Wildman–Crippen LogP) is 2.92. The van der Waals surface area contributed by atoms with Gasteiger partial charge in [-0.2, -0.15) is 5.10 Å². The van der Waals surface area contributed by atoms with E-state index in [9.17, 15) is 0 Å². The summed E-state index contributed by atoms with van der Waals surface area (Å²) in [6, 6.07) is 12.3. The van der Waals surface area contributed by atoms with E-state index in [2.05, 4.69) is 38.4 Å². The van der Waals surface area contributed by atoms with Crippen molar-refractivity contribution in [3.63, 3.8) is 0 Å². The van der Waals surface area contributed by atoms with E-state index in [1.54, 1.807) is 30.7 Å². The van der Waals surface area contributed by atoms with Gasteiger partial charge < -0.3 is 17.2 Å². The van der Waals surface area contributed by atoms with Crippen molar-refractivity contribution in [2.24, 2.45) is 32.4 Å². The maximum absolute atomic E-state index is 5.44. The first kappa shape index (κ1) is 18.3. The summed E-state index contributed by atoms with van der Waals surface area (Å²) in [5.41, 5.74) is 18.9. The quantitative estimate of drug-likeness (QED) is 0.359. The number of rotatable bonds is 5. The van der Waals surface area contributed by atoms with E-state index < -0.39 is 0 Å². The molecule has 8 heteroatoms. The fraction of sp³-hybridized carbons (Fsp3) is 0.0526. The molecular weight excluding hydrogens is 358 g/mol. The van der Waals surface area contributed by atoms with Crippen LogP contribution in [0.3, 0.4) is 0 Å². The second-order valence-corrected chi connectivity index (χ2v) is 6.82. The summed E-state index contributed by atoms with van der Waals surface area (Å²) < 4.78 is 1.18. The van der Waals surface area contributed by atoms with Crippen LogP contribution in [-0.4, -0.2) is 23.0 Å². The lowest BCUT2D eigenvalue weighted by molar-refractivity contribution is 1.21. The number of aliphatic imine (C=N–C) groups is 1. The van der Waals surface area contributed by atoms with Gasteiger partial charge in [0.25, 0.3) is 0 Å². The van der Waals surface area contributed by atoms with Gasteiger partial charge in [-0.25, -0.2) is 4.99 Å². The molecule has 0 aliphatic carbocycles. The van der Waals surface area contributed by atoms with Crippen LogP contribution in [0.25, 0.3) is 26.6 Å². The van der Waals surface area contributed by atoms with E-state index in [-0.39, 0.29) is 5.96 Å². The Balaban J connectivity index is 1.82. The van der Waals surface area contributed by atoms with Crippen molar-refractivity contribution in [2.75, 3.05) is 0 Å². The molecule has 0 spiro atoms. The molecule has 0 saturated heterocycles. The Morgan fingerprint density at radius 1 is 1.11 bits per heavy atom.